The first-order valence-corrected chi connectivity index (χ1v) is 6.27. The fourth-order valence-corrected chi connectivity index (χ4v) is 2.56. The molecule has 0 N–H and O–H groups in total. The lowest BCUT2D eigenvalue weighted by Crippen LogP contribution is -2.00. The first kappa shape index (κ1) is 11.6. The molecule has 84 valence electrons. The fourth-order valence-electron chi connectivity index (χ4n) is 2.08. The minimum absolute atomic E-state index is 0.179. The molecule has 2 heteroatoms. The normalized spacial score (nSPS) is 12.9. The molecule has 2 aromatic rings. The van der Waals surface area contributed by atoms with Crippen LogP contribution in [0, 0.1) is 0 Å². The molecule has 0 aliphatic heterocycles. The number of rotatable bonds is 3. The highest BCUT2D eigenvalue weighted by Gasteiger charge is 2.12. The van der Waals surface area contributed by atoms with Crippen molar-refractivity contribution in [1.29, 1.82) is 0 Å². The van der Waals surface area contributed by atoms with Crippen molar-refractivity contribution in [2.45, 2.75) is 19.4 Å². The van der Waals surface area contributed by atoms with Gasteiger partial charge in [0, 0.05) is 11.6 Å². The number of hydrogen-bond acceptors (Lipinski definition) is 1. The lowest BCUT2D eigenvalue weighted by atomic mass is 9.99. The molecule has 0 aromatic heterocycles. The summed E-state index contributed by atoms with van der Waals surface area (Å²) in [6.45, 7) is 2.14. The molecule has 0 saturated heterocycles. The Morgan fingerprint density at radius 2 is 1.81 bits per heavy atom. The Labute approximate surface area is 105 Å². The molecule has 0 heterocycles. The topological polar surface area (TPSA) is 9.23 Å². The van der Waals surface area contributed by atoms with Crippen molar-refractivity contribution >= 4 is 26.7 Å². The minimum atomic E-state index is 0.179. The SMILES string of the molecule is CC[C@@H](OC)c1ccc(Br)c2ccccc12. The minimum Gasteiger partial charge on any atom is -0.377 e. The average molecular weight is 279 g/mol. The second-order valence-corrected chi connectivity index (χ2v) is 4.67. The maximum atomic E-state index is 5.52. The number of hydrogen-bond donors (Lipinski definition) is 0. The van der Waals surface area contributed by atoms with Crippen LogP contribution in [-0.4, -0.2) is 7.11 Å². The number of ether oxygens (including phenoxy) is 1. The lowest BCUT2D eigenvalue weighted by Gasteiger charge is -2.16. The van der Waals surface area contributed by atoms with E-state index in [-0.39, 0.29) is 6.10 Å². The molecule has 1 atom stereocenters. The summed E-state index contributed by atoms with van der Waals surface area (Å²) >= 11 is 3.58. The predicted molar refractivity (Wildman–Crippen MR) is 71.7 cm³/mol. The Morgan fingerprint density at radius 3 is 2.44 bits per heavy atom. The predicted octanol–water partition coefficient (Wildman–Crippen LogP) is 4.70. The molecule has 0 unspecified atom stereocenters. The first-order chi connectivity index (χ1) is 7.77. The lowest BCUT2D eigenvalue weighted by molar-refractivity contribution is 0.101. The summed E-state index contributed by atoms with van der Waals surface area (Å²) in [5, 5.41) is 2.51. The zero-order valence-electron chi connectivity index (χ0n) is 9.53. The summed E-state index contributed by atoms with van der Waals surface area (Å²) < 4.78 is 6.66. The Balaban J connectivity index is 2.66. The van der Waals surface area contributed by atoms with Gasteiger partial charge in [0.05, 0.1) is 6.10 Å². The van der Waals surface area contributed by atoms with Crippen LogP contribution in [0.3, 0.4) is 0 Å². The molecule has 0 saturated carbocycles. The standard InChI is InChI=1S/C14H15BrO/c1-3-14(16-2)12-8-9-13(15)11-7-5-4-6-10(11)12/h4-9,14H,3H2,1-2H3/t14-/m1/s1. The Kier molecular flexibility index (Phi) is 3.62. The second kappa shape index (κ2) is 4.98. The molecule has 0 spiro atoms. The van der Waals surface area contributed by atoms with Gasteiger partial charge in [-0.3, -0.25) is 0 Å². The van der Waals surface area contributed by atoms with Gasteiger partial charge in [0.1, 0.15) is 0 Å². The van der Waals surface area contributed by atoms with E-state index in [2.05, 4.69) is 59.3 Å². The molecule has 0 fully saturated rings. The third kappa shape index (κ3) is 2.00. The maximum absolute atomic E-state index is 5.52. The van der Waals surface area contributed by atoms with Crippen molar-refractivity contribution in [3.63, 3.8) is 0 Å². The third-order valence-corrected chi connectivity index (χ3v) is 3.60. The highest BCUT2D eigenvalue weighted by Crippen LogP contribution is 2.32. The fraction of sp³-hybridized carbons (Fsp3) is 0.286. The van der Waals surface area contributed by atoms with Crippen LogP contribution in [0.5, 0.6) is 0 Å². The number of halogens is 1. The van der Waals surface area contributed by atoms with Gasteiger partial charge in [-0.1, -0.05) is 53.2 Å². The highest BCUT2D eigenvalue weighted by molar-refractivity contribution is 9.10. The van der Waals surface area contributed by atoms with Crippen molar-refractivity contribution in [3.05, 3.63) is 46.4 Å². The van der Waals surface area contributed by atoms with Crippen molar-refractivity contribution in [2.24, 2.45) is 0 Å². The Morgan fingerprint density at radius 1 is 1.12 bits per heavy atom. The van der Waals surface area contributed by atoms with Gasteiger partial charge in [-0.15, -0.1) is 0 Å². The number of fused-ring (bicyclic) bond motifs is 1. The largest absolute Gasteiger partial charge is 0.377 e. The zero-order valence-corrected chi connectivity index (χ0v) is 11.1. The van der Waals surface area contributed by atoms with Crippen molar-refractivity contribution in [3.8, 4) is 0 Å². The summed E-state index contributed by atoms with van der Waals surface area (Å²) in [7, 11) is 1.77. The zero-order chi connectivity index (χ0) is 11.5. The van der Waals surface area contributed by atoms with E-state index < -0.39 is 0 Å². The molecular weight excluding hydrogens is 264 g/mol. The van der Waals surface area contributed by atoms with E-state index in [1.165, 1.54) is 16.3 Å². The summed E-state index contributed by atoms with van der Waals surface area (Å²) in [5.41, 5.74) is 1.27. The van der Waals surface area contributed by atoms with E-state index in [1.54, 1.807) is 7.11 Å². The van der Waals surface area contributed by atoms with Gasteiger partial charge in [-0.05, 0) is 28.8 Å². The summed E-state index contributed by atoms with van der Waals surface area (Å²) in [6.07, 6.45) is 1.17. The molecule has 0 radical (unpaired) electrons. The van der Waals surface area contributed by atoms with Gasteiger partial charge in [0.2, 0.25) is 0 Å². The quantitative estimate of drug-likeness (QED) is 0.791. The second-order valence-electron chi connectivity index (χ2n) is 3.81. The van der Waals surface area contributed by atoms with Gasteiger partial charge < -0.3 is 4.74 Å². The van der Waals surface area contributed by atoms with Crippen molar-refractivity contribution in [2.75, 3.05) is 7.11 Å². The van der Waals surface area contributed by atoms with Gasteiger partial charge in [-0.2, -0.15) is 0 Å². The molecule has 2 aromatic carbocycles. The molecule has 0 aliphatic rings. The van der Waals surface area contributed by atoms with Crippen LogP contribution >= 0.6 is 15.9 Å². The summed E-state index contributed by atoms with van der Waals surface area (Å²) in [5.74, 6) is 0. The van der Waals surface area contributed by atoms with Gasteiger partial charge >= 0.3 is 0 Å². The van der Waals surface area contributed by atoms with Crippen LogP contribution in [0.1, 0.15) is 25.0 Å². The van der Waals surface area contributed by atoms with Crippen molar-refractivity contribution < 1.29 is 4.74 Å². The third-order valence-electron chi connectivity index (χ3n) is 2.91. The molecule has 0 bridgehead atoms. The maximum Gasteiger partial charge on any atom is 0.0824 e. The smallest absolute Gasteiger partial charge is 0.0824 e. The van der Waals surface area contributed by atoms with Crippen LogP contribution in [0.2, 0.25) is 0 Å². The summed E-state index contributed by atoms with van der Waals surface area (Å²) in [6, 6.07) is 12.6. The van der Waals surface area contributed by atoms with Gasteiger partial charge in [0.15, 0.2) is 0 Å². The van der Waals surface area contributed by atoms with E-state index in [4.69, 9.17) is 4.74 Å². The van der Waals surface area contributed by atoms with E-state index in [1.807, 2.05) is 0 Å². The molecule has 0 amide bonds. The molecule has 2 rings (SSSR count). The van der Waals surface area contributed by atoms with Crippen LogP contribution in [-0.2, 0) is 4.74 Å². The van der Waals surface area contributed by atoms with Crippen LogP contribution in [0.25, 0.3) is 10.8 Å². The van der Waals surface area contributed by atoms with Gasteiger partial charge in [0.25, 0.3) is 0 Å². The van der Waals surface area contributed by atoms with E-state index in [9.17, 15) is 0 Å². The Bertz CT molecular complexity index is 489. The van der Waals surface area contributed by atoms with Crippen LogP contribution in [0.15, 0.2) is 40.9 Å². The van der Waals surface area contributed by atoms with Crippen LogP contribution < -0.4 is 0 Å². The number of benzene rings is 2. The molecule has 1 nitrogen and oxygen atoms in total. The Hall–Kier alpha value is -0.860. The molecule has 0 aliphatic carbocycles. The van der Waals surface area contributed by atoms with E-state index >= 15 is 0 Å². The van der Waals surface area contributed by atoms with Crippen molar-refractivity contribution in [1.82, 2.24) is 0 Å². The van der Waals surface area contributed by atoms with Crippen LogP contribution in [0.4, 0.5) is 0 Å². The summed E-state index contributed by atoms with van der Waals surface area (Å²) in [4.78, 5) is 0. The molecular formula is C14H15BrO. The van der Waals surface area contributed by atoms with E-state index in [0.717, 1.165) is 10.9 Å². The average Bonchev–Trinajstić information content (AvgIpc) is 2.34. The first-order valence-electron chi connectivity index (χ1n) is 5.47. The number of methoxy groups -OCH3 is 1. The monoisotopic (exact) mass is 278 g/mol. The van der Waals surface area contributed by atoms with E-state index in [0.29, 0.717) is 0 Å². The highest BCUT2D eigenvalue weighted by atomic mass is 79.9. The van der Waals surface area contributed by atoms with Gasteiger partial charge in [-0.25, -0.2) is 0 Å². The molecule has 16 heavy (non-hydrogen) atoms.